The molecule has 2 N–H and O–H groups in total. The molecule has 0 aromatic heterocycles. The first-order valence-electron chi connectivity index (χ1n) is 9.12. The maximum Gasteiger partial charge on any atom is 1.00 e. The maximum absolute atomic E-state index is 12.5. The van der Waals surface area contributed by atoms with Gasteiger partial charge in [-0.15, -0.1) is 9.45 Å². The molecule has 0 atom stereocenters. The molecule has 0 saturated heterocycles. The molecule has 2 rings (SSSR count). The molecule has 0 aliphatic heterocycles. The maximum atomic E-state index is 12.5. The number of ether oxygens (including phenoxy) is 1. The third-order valence-corrected chi connectivity index (χ3v) is 5.98. The number of nitrogens with one attached hydrogen (secondary N) is 1. The number of hydrogen-bond acceptors (Lipinski definition) is 12. The number of carbonyl (C=O) groups is 1. The molecule has 0 aliphatic rings. The molecule has 0 radical (unpaired) electrons. The van der Waals surface area contributed by atoms with Crippen LogP contribution in [0.15, 0.2) is 75.1 Å². The van der Waals surface area contributed by atoms with E-state index in [1.807, 2.05) is 0 Å². The number of rotatable bonds is 12. The van der Waals surface area contributed by atoms with Crippen molar-refractivity contribution in [1.29, 1.82) is 0 Å². The van der Waals surface area contributed by atoms with E-state index in [2.05, 4.69) is 24.9 Å². The van der Waals surface area contributed by atoms with Gasteiger partial charge in [-0.3, -0.25) is 14.0 Å². The van der Waals surface area contributed by atoms with Gasteiger partial charge in [-0.05, 0) is 43.3 Å². The van der Waals surface area contributed by atoms with Crippen LogP contribution in [-0.2, 0) is 28.2 Å². The normalized spacial score (nSPS) is 12.1. The monoisotopic (exact) mass is 521 g/mol. The number of hydrogen-bond donors (Lipinski definition) is 2. The number of methoxy groups -OCH3 is 1. The van der Waals surface area contributed by atoms with Crippen LogP contribution in [0.5, 0.6) is 5.75 Å². The number of carbonyl (C=O) groups excluding carboxylic acids is 1. The second kappa shape index (κ2) is 15.1. The van der Waals surface area contributed by atoms with Crippen molar-refractivity contribution in [2.45, 2.75) is 11.8 Å². The van der Waals surface area contributed by atoms with E-state index in [9.17, 15) is 23.6 Å². The number of amides is 1. The van der Waals surface area contributed by atoms with E-state index in [1.54, 1.807) is 24.3 Å². The molecule has 0 saturated carbocycles. The second-order valence-electron chi connectivity index (χ2n) is 6.13. The van der Waals surface area contributed by atoms with Gasteiger partial charge in [0.15, 0.2) is 27.9 Å². The molecule has 1 amide bonds. The van der Waals surface area contributed by atoms with Crippen LogP contribution in [0.2, 0.25) is 0 Å². The summed E-state index contributed by atoms with van der Waals surface area (Å²) in [6.45, 7) is 1.03. The molecule has 0 fully saturated rings. The van der Waals surface area contributed by atoms with Crippen molar-refractivity contribution >= 4 is 39.4 Å². The van der Waals surface area contributed by atoms with Crippen molar-refractivity contribution in [1.82, 2.24) is 0 Å². The Morgan fingerprint density at radius 3 is 2.47 bits per heavy atom. The van der Waals surface area contributed by atoms with Crippen LogP contribution in [0.3, 0.4) is 0 Å². The summed E-state index contributed by atoms with van der Waals surface area (Å²) in [5.41, 5.74) is 0.283. The largest absolute Gasteiger partial charge is 1.00 e. The zero-order valence-electron chi connectivity index (χ0n) is 18.5. The number of allylic oxidation sites excluding steroid dienone is 1. The molecule has 2 aromatic carbocycles. The van der Waals surface area contributed by atoms with E-state index >= 15 is 0 Å². The van der Waals surface area contributed by atoms with E-state index in [0.29, 0.717) is 11.4 Å². The molecule has 34 heavy (non-hydrogen) atoms. The van der Waals surface area contributed by atoms with Gasteiger partial charge in [-0.25, -0.2) is 8.42 Å². The topological polar surface area (TPSA) is 168 Å². The summed E-state index contributed by atoms with van der Waals surface area (Å²) in [5, 5.41) is 32.8. The van der Waals surface area contributed by atoms with Crippen molar-refractivity contribution < 1.29 is 71.4 Å². The first-order chi connectivity index (χ1) is 15.8. The molecule has 15 heteroatoms. The summed E-state index contributed by atoms with van der Waals surface area (Å²) >= 11 is 0.217. The number of sulfone groups is 1. The fourth-order valence-corrected chi connectivity index (χ4v) is 3.77. The first kappa shape index (κ1) is 30.0. The number of nitrogens with zero attached hydrogens (tertiary/aromatic N) is 2. The molecular weight excluding hydrogens is 501 g/mol. The Bertz CT molecular complexity index is 1110. The molecule has 0 aliphatic carbocycles. The number of azo groups is 1. The summed E-state index contributed by atoms with van der Waals surface area (Å²) < 4.78 is 38.3. The van der Waals surface area contributed by atoms with Crippen molar-refractivity contribution in [3.63, 3.8) is 0 Å². The Kier molecular flexibility index (Phi) is 13.3. The summed E-state index contributed by atoms with van der Waals surface area (Å²) in [5.74, 6) is -1.03. The number of anilines is 1. The van der Waals surface area contributed by atoms with Crippen molar-refractivity contribution in [3.05, 3.63) is 60.0 Å². The van der Waals surface area contributed by atoms with Crippen LogP contribution in [0.25, 0.3) is 0 Å². The standard InChI is InChI=1S/C19H21N3O9S2.Na/c1-13(23)18(19(24)20-16-5-3-4-6-17(16)28-2)22-21-14-7-9-15(10-8-14)33(26,27)12-11-29-32-31-30-25;/h3-10,23,25H,11-12H2,1-2H3,(H,20,24);/q;+1/p-1/b18-13+,22-21?;. The molecule has 0 heterocycles. The zero-order valence-corrected chi connectivity index (χ0v) is 22.1. The van der Waals surface area contributed by atoms with Crippen LogP contribution in [0.4, 0.5) is 11.4 Å². The van der Waals surface area contributed by atoms with E-state index in [0.717, 1.165) is 0 Å². The van der Waals surface area contributed by atoms with Gasteiger partial charge in [0.2, 0.25) is 0 Å². The van der Waals surface area contributed by atoms with E-state index < -0.39 is 15.7 Å². The van der Waals surface area contributed by atoms with Gasteiger partial charge < -0.3 is 20.4 Å². The third kappa shape index (κ3) is 9.32. The smallest absolute Gasteiger partial charge is 0.691 e. The molecule has 12 nitrogen and oxygen atoms in total. The first-order valence-corrected chi connectivity index (χ1v) is 11.4. The summed E-state index contributed by atoms with van der Waals surface area (Å²) in [6, 6.07) is 12.1. The van der Waals surface area contributed by atoms with Crippen LogP contribution in [0.1, 0.15) is 6.92 Å². The quantitative estimate of drug-likeness (QED) is 0.0557. The Labute approximate surface area is 222 Å². The average molecular weight is 522 g/mol. The fourth-order valence-electron chi connectivity index (χ4n) is 2.37. The Hall–Kier alpha value is -2.01. The minimum absolute atomic E-state index is 0. The number of aliphatic hydroxyl groups is 1. The van der Waals surface area contributed by atoms with Gasteiger partial charge in [0, 0.05) is 0 Å². The van der Waals surface area contributed by atoms with Crippen LogP contribution < -0.4 is 44.9 Å². The van der Waals surface area contributed by atoms with E-state index in [-0.39, 0.29) is 76.3 Å². The van der Waals surface area contributed by atoms with Crippen molar-refractivity contribution in [3.8, 4) is 5.75 Å². The molecule has 0 spiro atoms. The molecule has 0 unspecified atom stereocenters. The Morgan fingerprint density at radius 2 is 1.85 bits per heavy atom. The number of aliphatic hydroxyl groups excluding tert-OH is 1. The summed E-state index contributed by atoms with van der Waals surface area (Å²) in [4.78, 5) is 12.5. The van der Waals surface area contributed by atoms with Gasteiger partial charge in [0.25, 0.3) is 5.91 Å². The average Bonchev–Trinajstić information content (AvgIpc) is 2.79. The van der Waals surface area contributed by atoms with Gasteiger partial charge in [0.05, 0.1) is 35.7 Å². The van der Waals surface area contributed by atoms with Crippen LogP contribution in [-0.4, -0.2) is 38.9 Å². The van der Waals surface area contributed by atoms with Crippen LogP contribution in [0, 0.1) is 0 Å². The van der Waals surface area contributed by atoms with Crippen molar-refractivity contribution in [2.24, 2.45) is 10.2 Å². The van der Waals surface area contributed by atoms with E-state index in [4.69, 9.17) is 8.92 Å². The summed E-state index contributed by atoms with van der Waals surface area (Å²) in [7, 11) is -2.22. The Balaban J connectivity index is 0.00000578. The van der Waals surface area contributed by atoms with E-state index in [1.165, 1.54) is 38.3 Å². The SMILES string of the molecule is COc1ccccc1NC(=O)/C(N=Nc1ccc(S(=O)(=O)CCOSOO[O-])cc1)=C(/C)O.[Na+]. The number of para-hydroxylation sites is 2. The molecule has 2 aromatic rings. The minimum atomic E-state index is -3.67. The predicted molar refractivity (Wildman–Crippen MR) is 116 cm³/mol. The predicted octanol–water partition coefficient (Wildman–Crippen LogP) is -0.212. The van der Waals surface area contributed by atoms with Gasteiger partial charge >= 0.3 is 29.6 Å². The third-order valence-electron chi connectivity index (χ3n) is 3.91. The second-order valence-corrected chi connectivity index (χ2v) is 8.74. The Morgan fingerprint density at radius 1 is 1.18 bits per heavy atom. The summed E-state index contributed by atoms with van der Waals surface area (Å²) in [6.07, 6.45) is 0. The molecule has 0 bridgehead atoms. The van der Waals surface area contributed by atoms with Crippen molar-refractivity contribution in [2.75, 3.05) is 24.8 Å². The zero-order chi connectivity index (χ0) is 24.3. The van der Waals surface area contributed by atoms with Gasteiger partial charge in [-0.2, -0.15) is 5.11 Å². The molecule has 178 valence electrons. The fraction of sp³-hybridized carbons (Fsp3) is 0.211. The van der Waals surface area contributed by atoms with Crippen LogP contribution >= 0.6 is 12.3 Å². The molecular formula is C19H20N3NaO9S2. The van der Waals surface area contributed by atoms with Gasteiger partial charge in [0.1, 0.15) is 11.5 Å². The van der Waals surface area contributed by atoms with Gasteiger partial charge in [-0.1, -0.05) is 12.1 Å². The number of benzene rings is 2. The minimum Gasteiger partial charge on any atom is -0.691 e.